The summed E-state index contributed by atoms with van der Waals surface area (Å²) >= 11 is 0. The van der Waals surface area contributed by atoms with E-state index >= 15 is 0 Å². The molecule has 2 aliphatic rings. The van der Waals surface area contributed by atoms with Crippen LogP contribution in [0.1, 0.15) is 17.3 Å². The first-order chi connectivity index (χ1) is 12.7. The molecule has 0 saturated carbocycles. The van der Waals surface area contributed by atoms with Gasteiger partial charge in [0, 0.05) is 25.6 Å². The van der Waals surface area contributed by atoms with Crippen molar-refractivity contribution in [1.82, 2.24) is 9.80 Å². The molecule has 0 radical (unpaired) electrons. The summed E-state index contributed by atoms with van der Waals surface area (Å²) in [6.45, 7) is 3.08. The van der Waals surface area contributed by atoms with E-state index in [2.05, 4.69) is 4.74 Å². The summed E-state index contributed by atoms with van der Waals surface area (Å²) < 4.78 is 51.9. The number of morpholine rings is 2. The highest BCUT2D eigenvalue weighted by molar-refractivity contribution is 5.94. The molecule has 2 amide bonds. The molecule has 1 aromatic carbocycles. The van der Waals surface area contributed by atoms with Gasteiger partial charge in [-0.2, -0.15) is 0 Å². The zero-order chi connectivity index (χ0) is 19.7. The average molecular weight is 388 g/mol. The number of hydrogen-bond donors (Lipinski definition) is 0. The zero-order valence-electron chi connectivity index (χ0n) is 14.6. The number of alkyl halides is 3. The Morgan fingerprint density at radius 1 is 1.04 bits per heavy atom. The standard InChI is InChI=1S/C17H19F3N2O5/c1-12(23)21-6-8-25-16(10-21)11-22(7-9-26-16)15(24)13-2-4-14(5-3-13)27-17(18,19)20/h2-5H,6-11H2,1H3. The third-order valence-electron chi connectivity index (χ3n) is 4.38. The number of hydrogen-bond acceptors (Lipinski definition) is 5. The van der Waals surface area contributed by atoms with Crippen LogP contribution in [0.15, 0.2) is 24.3 Å². The first-order valence-electron chi connectivity index (χ1n) is 8.36. The minimum Gasteiger partial charge on any atom is -0.406 e. The van der Waals surface area contributed by atoms with E-state index in [1.54, 1.807) is 4.90 Å². The van der Waals surface area contributed by atoms with Crippen molar-refractivity contribution >= 4 is 11.8 Å². The Morgan fingerprint density at radius 3 is 2.15 bits per heavy atom. The molecular weight excluding hydrogens is 369 g/mol. The molecule has 2 heterocycles. The molecule has 1 aromatic rings. The predicted molar refractivity (Wildman–Crippen MR) is 85.9 cm³/mol. The fraction of sp³-hybridized carbons (Fsp3) is 0.529. The Bertz CT molecular complexity index is 706. The van der Waals surface area contributed by atoms with Crippen LogP contribution < -0.4 is 4.74 Å². The van der Waals surface area contributed by atoms with Crippen molar-refractivity contribution in [2.45, 2.75) is 19.1 Å². The van der Waals surface area contributed by atoms with Gasteiger partial charge in [-0.3, -0.25) is 9.59 Å². The third-order valence-corrected chi connectivity index (χ3v) is 4.38. The maximum atomic E-state index is 12.7. The zero-order valence-corrected chi connectivity index (χ0v) is 14.6. The summed E-state index contributed by atoms with van der Waals surface area (Å²) in [6, 6.07) is 4.72. The van der Waals surface area contributed by atoms with Crippen molar-refractivity contribution in [3.8, 4) is 5.75 Å². The SMILES string of the molecule is CC(=O)N1CCOC2(C1)CN(C(=O)c1ccc(OC(F)(F)F)cc1)CCO2. The molecule has 1 unspecified atom stereocenters. The van der Waals surface area contributed by atoms with E-state index in [9.17, 15) is 22.8 Å². The van der Waals surface area contributed by atoms with Gasteiger partial charge in [0.2, 0.25) is 11.7 Å². The van der Waals surface area contributed by atoms with Crippen LogP contribution in [0.2, 0.25) is 0 Å². The molecule has 0 bridgehead atoms. The molecule has 2 saturated heterocycles. The summed E-state index contributed by atoms with van der Waals surface area (Å²) in [6.07, 6.45) is -4.79. The smallest absolute Gasteiger partial charge is 0.406 e. The van der Waals surface area contributed by atoms with Gasteiger partial charge in [0.1, 0.15) is 5.75 Å². The molecule has 1 atom stereocenters. The van der Waals surface area contributed by atoms with Gasteiger partial charge in [-0.25, -0.2) is 0 Å². The quantitative estimate of drug-likeness (QED) is 0.771. The molecule has 0 aromatic heterocycles. The van der Waals surface area contributed by atoms with Crippen molar-refractivity contribution in [3.05, 3.63) is 29.8 Å². The predicted octanol–water partition coefficient (Wildman–Crippen LogP) is 1.63. The summed E-state index contributed by atoms with van der Waals surface area (Å²) in [7, 11) is 0. The van der Waals surface area contributed by atoms with E-state index < -0.39 is 17.9 Å². The molecule has 7 nitrogen and oxygen atoms in total. The van der Waals surface area contributed by atoms with E-state index in [-0.39, 0.29) is 37.1 Å². The van der Waals surface area contributed by atoms with Crippen LogP contribution in [0.4, 0.5) is 13.2 Å². The normalized spacial score (nSPS) is 23.4. The Hall–Kier alpha value is -2.33. The van der Waals surface area contributed by atoms with Gasteiger partial charge in [-0.05, 0) is 24.3 Å². The van der Waals surface area contributed by atoms with E-state index in [0.29, 0.717) is 19.7 Å². The average Bonchev–Trinajstić information content (AvgIpc) is 2.60. The molecule has 1 spiro atoms. The molecule has 2 fully saturated rings. The largest absolute Gasteiger partial charge is 0.573 e. The number of ether oxygens (including phenoxy) is 3. The van der Waals surface area contributed by atoms with Gasteiger partial charge >= 0.3 is 6.36 Å². The number of carbonyl (C=O) groups excluding carboxylic acids is 2. The number of amides is 2. The molecule has 10 heteroatoms. The summed E-state index contributed by atoms with van der Waals surface area (Å²) in [5.74, 6) is -1.95. The third kappa shape index (κ3) is 4.69. The second-order valence-electron chi connectivity index (χ2n) is 6.35. The lowest BCUT2D eigenvalue weighted by molar-refractivity contribution is -0.284. The van der Waals surface area contributed by atoms with Gasteiger partial charge in [-0.15, -0.1) is 13.2 Å². The number of nitrogens with zero attached hydrogens (tertiary/aromatic N) is 2. The van der Waals surface area contributed by atoms with E-state index in [4.69, 9.17) is 9.47 Å². The highest BCUT2D eigenvalue weighted by Gasteiger charge is 2.44. The first kappa shape index (κ1) is 19.4. The van der Waals surface area contributed by atoms with Gasteiger partial charge < -0.3 is 24.0 Å². The molecule has 3 rings (SSSR count). The Labute approximate surface area is 153 Å². The lowest BCUT2D eigenvalue weighted by Crippen LogP contribution is -2.63. The lowest BCUT2D eigenvalue weighted by Gasteiger charge is -2.47. The molecule has 0 N–H and O–H groups in total. The summed E-state index contributed by atoms with van der Waals surface area (Å²) in [5.41, 5.74) is 0.223. The van der Waals surface area contributed by atoms with Gasteiger partial charge in [0.15, 0.2) is 0 Å². The van der Waals surface area contributed by atoms with Crippen LogP contribution in [-0.2, 0) is 14.3 Å². The van der Waals surface area contributed by atoms with Crippen LogP contribution in [-0.4, -0.2) is 73.2 Å². The highest BCUT2D eigenvalue weighted by Crippen LogP contribution is 2.27. The Morgan fingerprint density at radius 2 is 1.59 bits per heavy atom. The maximum Gasteiger partial charge on any atom is 0.573 e. The minimum atomic E-state index is -4.79. The van der Waals surface area contributed by atoms with E-state index in [1.165, 1.54) is 24.0 Å². The van der Waals surface area contributed by atoms with Crippen LogP contribution in [0.3, 0.4) is 0 Å². The second-order valence-corrected chi connectivity index (χ2v) is 6.35. The topological polar surface area (TPSA) is 68.3 Å². The minimum absolute atomic E-state index is 0.107. The van der Waals surface area contributed by atoms with Crippen LogP contribution >= 0.6 is 0 Å². The molecule has 27 heavy (non-hydrogen) atoms. The first-order valence-corrected chi connectivity index (χ1v) is 8.36. The van der Waals surface area contributed by atoms with Crippen LogP contribution in [0.25, 0.3) is 0 Å². The number of halogens is 3. The summed E-state index contributed by atoms with van der Waals surface area (Å²) in [4.78, 5) is 27.4. The monoisotopic (exact) mass is 388 g/mol. The van der Waals surface area contributed by atoms with E-state index in [0.717, 1.165) is 12.1 Å². The van der Waals surface area contributed by atoms with Gasteiger partial charge in [0.25, 0.3) is 5.91 Å². The molecule has 148 valence electrons. The van der Waals surface area contributed by atoms with Crippen LogP contribution in [0.5, 0.6) is 5.75 Å². The van der Waals surface area contributed by atoms with Gasteiger partial charge in [0.05, 0.1) is 26.3 Å². The fourth-order valence-electron chi connectivity index (χ4n) is 3.12. The number of rotatable bonds is 2. The molecular formula is C17H19F3N2O5. The second kappa shape index (κ2) is 7.35. The number of carbonyl (C=O) groups is 2. The van der Waals surface area contributed by atoms with Crippen molar-refractivity contribution in [2.75, 3.05) is 39.4 Å². The summed E-state index contributed by atoms with van der Waals surface area (Å²) in [5, 5.41) is 0. The lowest BCUT2D eigenvalue weighted by atomic mass is 10.1. The molecule has 0 aliphatic carbocycles. The van der Waals surface area contributed by atoms with Crippen LogP contribution in [0, 0.1) is 0 Å². The maximum absolute atomic E-state index is 12.7. The van der Waals surface area contributed by atoms with Crippen molar-refractivity contribution in [2.24, 2.45) is 0 Å². The van der Waals surface area contributed by atoms with E-state index in [1.807, 2.05) is 0 Å². The van der Waals surface area contributed by atoms with Crippen molar-refractivity contribution in [3.63, 3.8) is 0 Å². The fourth-order valence-corrected chi connectivity index (χ4v) is 3.12. The Balaban J connectivity index is 1.69. The highest BCUT2D eigenvalue weighted by atomic mass is 19.4. The Kier molecular flexibility index (Phi) is 5.29. The molecule has 2 aliphatic heterocycles. The van der Waals surface area contributed by atoms with Crippen molar-refractivity contribution in [1.29, 1.82) is 0 Å². The number of benzene rings is 1. The van der Waals surface area contributed by atoms with Gasteiger partial charge in [-0.1, -0.05) is 0 Å². The van der Waals surface area contributed by atoms with Crippen molar-refractivity contribution < 1.29 is 37.0 Å².